The molecule has 0 bridgehead atoms. The van der Waals surface area contributed by atoms with Gasteiger partial charge in [-0.15, -0.1) is 11.3 Å². The fraction of sp³-hybridized carbons (Fsp3) is 0.200. The number of aromatic nitrogens is 1. The maximum Gasteiger partial charge on any atom is 0.328 e. The van der Waals surface area contributed by atoms with E-state index in [2.05, 4.69) is 21.3 Å². The Bertz CT molecular complexity index is 646. The molecule has 5 heteroatoms. The van der Waals surface area contributed by atoms with Gasteiger partial charge in [0.25, 0.3) is 0 Å². The van der Waals surface area contributed by atoms with E-state index in [-0.39, 0.29) is 0 Å². The summed E-state index contributed by atoms with van der Waals surface area (Å²) >= 11 is 1.82. The average Bonchev–Trinajstić information content (AvgIpc) is 2.93. The van der Waals surface area contributed by atoms with Crippen molar-refractivity contribution in [1.29, 1.82) is 0 Å². The first-order chi connectivity index (χ1) is 9.72. The normalized spacial score (nSPS) is 14.5. The van der Waals surface area contributed by atoms with Crippen LogP contribution in [0.15, 0.2) is 35.9 Å². The molecule has 1 aliphatic heterocycles. The van der Waals surface area contributed by atoms with Crippen molar-refractivity contribution >= 4 is 29.2 Å². The van der Waals surface area contributed by atoms with Crippen molar-refractivity contribution in [3.05, 3.63) is 51.9 Å². The number of rotatable bonds is 3. The number of carboxylic acid groups (broad SMARTS) is 1. The molecule has 3 heterocycles. The molecule has 0 saturated heterocycles. The number of hydrogen-bond acceptors (Lipinski definition) is 4. The SMILES string of the molecule is O=C(O)/C=C/c1ccc(N2CCc3sccc3C2)nc1. The van der Waals surface area contributed by atoms with E-state index in [0.29, 0.717) is 0 Å². The van der Waals surface area contributed by atoms with Crippen molar-refractivity contribution in [3.8, 4) is 0 Å². The van der Waals surface area contributed by atoms with Crippen LogP contribution in [0.3, 0.4) is 0 Å². The van der Waals surface area contributed by atoms with Crippen LogP contribution < -0.4 is 4.90 Å². The fourth-order valence-corrected chi connectivity index (χ4v) is 3.18. The maximum absolute atomic E-state index is 10.5. The smallest absolute Gasteiger partial charge is 0.328 e. The van der Waals surface area contributed by atoms with E-state index in [4.69, 9.17) is 5.11 Å². The highest BCUT2D eigenvalue weighted by Gasteiger charge is 2.17. The van der Waals surface area contributed by atoms with Crippen LogP contribution in [0.2, 0.25) is 0 Å². The molecule has 102 valence electrons. The molecule has 0 aliphatic carbocycles. The summed E-state index contributed by atoms with van der Waals surface area (Å²) in [5.41, 5.74) is 2.18. The molecule has 0 fully saturated rings. The lowest BCUT2D eigenvalue weighted by atomic mass is 10.1. The van der Waals surface area contributed by atoms with Crippen molar-refractivity contribution in [1.82, 2.24) is 4.98 Å². The van der Waals surface area contributed by atoms with Gasteiger partial charge in [-0.3, -0.25) is 0 Å². The Balaban J connectivity index is 1.74. The first kappa shape index (κ1) is 12.9. The number of nitrogens with zero attached hydrogens (tertiary/aromatic N) is 2. The number of carboxylic acids is 1. The first-order valence-electron chi connectivity index (χ1n) is 6.39. The van der Waals surface area contributed by atoms with Crippen LogP contribution in [0.5, 0.6) is 0 Å². The predicted octanol–water partition coefficient (Wildman–Crippen LogP) is 2.80. The number of anilines is 1. The van der Waals surface area contributed by atoms with E-state index in [1.807, 2.05) is 23.5 Å². The van der Waals surface area contributed by atoms with Gasteiger partial charge in [-0.1, -0.05) is 0 Å². The number of fused-ring (bicyclic) bond motifs is 1. The fourth-order valence-electron chi connectivity index (χ4n) is 2.29. The molecule has 0 saturated carbocycles. The van der Waals surface area contributed by atoms with Crippen molar-refractivity contribution in [2.75, 3.05) is 11.4 Å². The number of pyridine rings is 1. The molecule has 1 aliphatic rings. The van der Waals surface area contributed by atoms with Crippen LogP contribution in [0.1, 0.15) is 16.0 Å². The minimum absolute atomic E-state index is 0.796. The monoisotopic (exact) mass is 286 g/mol. The zero-order valence-corrected chi connectivity index (χ0v) is 11.6. The second-order valence-electron chi connectivity index (χ2n) is 4.66. The highest BCUT2D eigenvalue weighted by atomic mass is 32.1. The molecule has 4 nitrogen and oxygen atoms in total. The third-order valence-corrected chi connectivity index (χ3v) is 4.34. The standard InChI is InChI=1S/C15H14N2O2S/c18-15(19)4-2-11-1-3-14(16-9-11)17-7-5-13-12(10-17)6-8-20-13/h1-4,6,8-9H,5,7,10H2,(H,18,19)/b4-2+. The van der Waals surface area contributed by atoms with E-state index < -0.39 is 5.97 Å². The quantitative estimate of drug-likeness (QED) is 0.882. The van der Waals surface area contributed by atoms with E-state index in [1.165, 1.54) is 10.4 Å². The maximum atomic E-state index is 10.5. The van der Waals surface area contributed by atoms with Gasteiger partial charge in [0.05, 0.1) is 0 Å². The second-order valence-corrected chi connectivity index (χ2v) is 5.66. The van der Waals surface area contributed by atoms with Gasteiger partial charge < -0.3 is 10.0 Å². The molecule has 20 heavy (non-hydrogen) atoms. The largest absolute Gasteiger partial charge is 0.478 e. The van der Waals surface area contributed by atoms with Gasteiger partial charge in [0.15, 0.2) is 0 Å². The summed E-state index contributed by atoms with van der Waals surface area (Å²) in [6, 6.07) is 6.01. The average molecular weight is 286 g/mol. The van der Waals surface area contributed by atoms with Gasteiger partial charge in [-0.25, -0.2) is 9.78 Å². The molecule has 3 rings (SSSR count). The van der Waals surface area contributed by atoms with Crippen LogP contribution >= 0.6 is 11.3 Å². The summed E-state index contributed by atoms with van der Waals surface area (Å²) in [7, 11) is 0. The van der Waals surface area contributed by atoms with Gasteiger partial charge in [-0.2, -0.15) is 0 Å². The Kier molecular flexibility index (Phi) is 3.52. The van der Waals surface area contributed by atoms with Gasteiger partial charge in [-0.05, 0) is 47.2 Å². The van der Waals surface area contributed by atoms with Crippen LogP contribution in [-0.4, -0.2) is 22.6 Å². The molecule has 1 N–H and O–H groups in total. The van der Waals surface area contributed by atoms with Crippen LogP contribution in [0, 0.1) is 0 Å². The third-order valence-electron chi connectivity index (χ3n) is 3.32. The van der Waals surface area contributed by atoms with Crippen molar-refractivity contribution < 1.29 is 9.90 Å². The Hall–Kier alpha value is -2.14. The van der Waals surface area contributed by atoms with Crippen LogP contribution in [0.4, 0.5) is 5.82 Å². The summed E-state index contributed by atoms with van der Waals surface area (Å²) in [4.78, 5) is 18.6. The van der Waals surface area contributed by atoms with E-state index in [0.717, 1.165) is 37.0 Å². The summed E-state index contributed by atoms with van der Waals surface area (Å²) < 4.78 is 0. The topological polar surface area (TPSA) is 53.4 Å². The number of thiophene rings is 1. The van der Waals surface area contributed by atoms with Crippen LogP contribution in [-0.2, 0) is 17.8 Å². The lowest BCUT2D eigenvalue weighted by Crippen LogP contribution is -2.29. The lowest BCUT2D eigenvalue weighted by molar-refractivity contribution is -0.131. The molecule has 0 spiro atoms. The van der Waals surface area contributed by atoms with Gasteiger partial charge in [0.2, 0.25) is 0 Å². The van der Waals surface area contributed by atoms with Crippen molar-refractivity contribution in [2.24, 2.45) is 0 Å². The molecule has 0 amide bonds. The second kappa shape index (κ2) is 5.46. The number of hydrogen-bond donors (Lipinski definition) is 1. The molecule has 2 aromatic rings. The highest BCUT2D eigenvalue weighted by Crippen LogP contribution is 2.26. The minimum Gasteiger partial charge on any atom is -0.478 e. The van der Waals surface area contributed by atoms with Gasteiger partial charge in [0, 0.05) is 30.2 Å². The van der Waals surface area contributed by atoms with E-state index in [9.17, 15) is 4.79 Å². The predicted molar refractivity (Wildman–Crippen MR) is 80.0 cm³/mol. The molecular formula is C15H14N2O2S. The molecule has 0 aromatic carbocycles. The van der Waals surface area contributed by atoms with Crippen LogP contribution in [0.25, 0.3) is 6.08 Å². The van der Waals surface area contributed by atoms with Crippen molar-refractivity contribution in [2.45, 2.75) is 13.0 Å². The van der Waals surface area contributed by atoms with Gasteiger partial charge in [0.1, 0.15) is 5.82 Å². The van der Waals surface area contributed by atoms with Crippen molar-refractivity contribution in [3.63, 3.8) is 0 Å². The zero-order chi connectivity index (χ0) is 13.9. The molecular weight excluding hydrogens is 272 g/mol. The minimum atomic E-state index is -0.949. The Labute approximate surface area is 121 Å². The number of carbonyl (C=O) groups is 1. The first-order valence-corrected chi connectivity index (χ1v) is 7.27. The Morgan fingerprint density at radius 1 is 1.40 bits per heavy atom. The summed E-state index contributed by atoms with van der Waals surface area (Å²) in [5, 5.41) is 10.7. The van der Waals surface area contributed by atoms with E-state index >= 15 is 0 Å². The molecule has 0 radical (unpaired) electrons. The summed E-state index contributed by atoms with van der Waals surface area (Å²) in [5.74, 6) is -0.00980. The summed E-state index contributed by atoms with van der Waals surface area (Å²) in [6.07, 6.45) is 5.44. The third kappa shape index (κ3) is 2.72. The zero-order valence-electron chi connectivity index (χ0n) is 10.8. The Morgan fingerprint density at radius 3 is 3.05 bits per heavy atom. The molecule has 0 atom stereocenters. The highest BCUT2D eigenvalue weighted by molar-refractivity contribution is 7.10. The Morgan fingerprint density at radius 2 is 2.30 bits per heavy atom. The molecule has 2 aromatic heterocycles. The van der Waals surface area contributed by atoms with E-state index in [1.54, 1.807) is 12.3 Å². The number of aliphatic carboxylic acids is 1. The summed E-state index contributed by atoms with van der Waals surface area (Å²) in [6.45, 7) is 1.88. The van der Waals surface area contributed by atoms with Gasteiger partial charge >= 0.3 is 5.97 Å². The molecule has 0 unspecified atom stereocenters. The lowest BCUT2D eigenvalue weighted by Gasteiger charge is -2.27.